The van der Waals surface area contributed by atoms with Crippen molar-refractivity contribution in [3.8, 4) is 0 Å². The third kappa shape index (κ3) is 4.07. The molecule has 0 amide bonds. The second-order valence-electron chi connectivity index (χ2n) is 5.17. The first kappa shape index (κ1) is 15.1. The summed E-state index contributed by atoms with van der Waals surface area (Å²) in [6.07, 6.45) is 2.18. The van der Waals surface area contributed by atoms with E-state index in [2.05, 4.69) is 18.7 Å². The van der Waals surface area contributed by atoms with Gasteiger partial charge >= 0.3 is 0 Å². The third-order valence-corrected chi connectivity index (χ3v) is 3.12. The Kier molecular flexibility index (Phi) is 5.76. The standard InChI is InChI=1S/C15H25FN2/c1-4-10-18(11-5-2)12-15(3,17)13-8-6-7-9-14(13)16/h6-9H,4-5,10-12,17H2,1-3H3. The molecule has 18 heavy (non-hydrogen) atoms. The number of halogens is 1. The lowest BCUT2D eigenvalue weighted by Gasteiger charge is -2.33. The van der Waals surface area contributed by atoms with E-state index in [1.54, 1.807) is 12.1 Å². The Morgan fingerprint density at radius 2 is 1.72 bits per heavy atom. The van der Waals surface area contributed by atoms with Crippen LogP contribution in [0.1, 0.15) is 39.2 Å². The van der Waals surface area contributed by atoms with Gasteiger partial charge in [0.25, 0.3) is 0 Å². The Morgan fingerprint density at radius 1 is 1.17 bits per heavy atom. The van der Waals surface area contributed by atoms with Crippen molar-refractivity contribution in [2.24, 2.45) is 5.73 Å². The van der Waals surface area contributed by atoms with E-state index in [1.807, 2.05) is 13.0 Å². The predicted molar refractivity (Wildman–Crippen MR) is 75.0 cm³/mol. The fourth-order valence-electron chi connectivity index (χ4n) is 2.38. The van der Waals surface area contributed by atoms with Gasteiger partial charge in [0.1, 0.15) is 5.82 Å². The monoisotopic (exact) mass is 252 g/mol. The van der Waals surface area contributed by atoms with Gasteiger partial charge in [-0.15, -0.1) is 0 Å². The summed E-state index contributed by atoms with van der Waals surface area (Å²) in [4.78, 5) is 2.31. The fourth-order valence-corrected chi connectivity index (χ4v) is 2.38. The van der Waals surface area contributed by atoms with Crippen LogP contribution in [0.2, 0.25) is 0 Å². The van der Waals surface area contributed by atoms with Crippen LogP contribution >= 0.6 is 0 Å². The SMILES string of the molecule is CCCN(CCC)CC(C)(N)c1ccccc1F. The summed E-state index contributed by atoms with van der Waals surface area (Å²) in [6.45, 7) is 8.92. The summed E-state index contributed by atoms with van der Waals surface area (Å²) in [5.74, 6) is -0.213. The highest BCUT2D eigenvalue weighted by molar-refractivity contribution is 5.25. The highest BCUT2D eigenvalue weighted by Gasteiger charge is 2.26. The van der Waals surface area contributed by atoms with Crippen LogP contribution in [0.3, 0.4) is 0 Å². The molecule has 0 aliphatic rings. The number of hydrogen-bond acceptors (Lipinski definition) is 2. The number of rotatable bonds is 7. The Balaban J connectivity index is 2.82. The Bertz CT molecular complexity index is 357. The Hall–Kier alpha value is -0.930. The van der Waals surface area contributed by atoms with Crippen LogP contribution in [-0.2, 0) is 5.54 Å². The topological polar surface area (TPSA) is 29.3 Å². The average molecular weight is 252 g/mol. The van der Waals surface area contributed by atoms with E-state index >= 15 is 0 Å². The van der Waals surface area contributed by atoms with E-state index in [0.29, 0.717) is 12.1 Å². The fraction of sp³-hybridized carbons (Fsp3) is 0.600. The lowest BCUT2D eigenvalue weighted by Crippen LogP contribution is -2.46. The van der Waals surface area contributed by atoms with Crippen LogP contribution in [0.5, 0.6) is 0 Å². The molecule has 0 aliphatic carbocycles. The molecule has 0 radical (unpaired) electrons. The minimum Gasteiger partial charge on any atom is -0.320 e. The minimum absolute atomic E-state index is 0.213. The minimum atomic E-state index is -0.643. The van der Waals surface area contributed by atoms with Gasteiger partial charge in [0.2, 0.25) is 0 Å². The summed E-state index contributed by atoms with van der Waals surface area (Å²) in [5.41, 5.74) is 6.27. The zero-order chi connectivity index (χ0) is 13.6. The average Bonchev–Trinajstić information content (AvgIpc) is 2.29. The van der Waals surface area contributed by atoms with Crippen molar-refractivity contribution in [2.75, 3.05) is 19.6 Å². The maximum Gasteiger partial charge on any atom is 0.128 e. The van der Waals surface area contributed by atoms with Gasteiger partial charge < -0.3 is 10.6 Å². The number of benzene rings is 1. The molecule has 1 unspecified atom stereocenters. The molecule has 0 bridgehead atoms. The molecule has 1 atom stereocenters. The second-order valence-corrected chi connectivity index (χ2v) is 5.17. The van der Waals surface area contributed by atoms with Gasteiger partial charge in [-0.25, -0.2) is 4.39 Å². The predicted octanol–water partition coefficient (Wildman–Crippen LogP) is 3.12. The van der Waals surface area contributed by atoms with E-state index in [0.717, 1.165) is 25.9 Å². The van der Waals surface area contributed by atoms with E-state index in [1.165, 1.54) is 6.07 Å². The van der Waals surface area contributed by atoms with Crippen molar-refractivity contribution in [1.29, 1.82) is 0 Å². The Labute approximate surface area is 110 Å². The molecule has 0 spiro atoms. The molecule has 1 rings (SSSR count). The van der Waals surface area contributed by atoms with E-state index in [4.69, 9.17) is 5.73 Å². The lowest BCUT2D eigenvalue weighted by atomic mass is 9.92. The van der Waals surface area contributed by atoms with Crippen molar-refractivity contribution in [1.82, 2.24) is 4.90 Å². The molecular weight excluding hydrogens is 227 g/mol. The van der Waals surface area contributed by atoms with Crippen LogP contribution in [0.4, 0.5) is 4.39 Å². The molecule has 2 N–H and O–H groups in total. The molecule has 102 valence electrons. The van der Waals surface area contributed by atoms with Crippen molar-refractivity contribution in [3.05, 3.63) is 35.6 Å². The number of nitrogens with two attached hydrogens (primary N) is 1. The van der Waals surface area contributed by atoms with Crippen LogP contribution in [0, 0.1) is 5.82 Å². The smallest absolute Gasteiger partial charge is 0.128 e. The molecule has 1 aromatic carbocycles. The quantitative estimate of drug-likeness (QED) is 0.808. The highest BCUT2D eigenvalue weighted by atomic mass is 19.1. The molecule has 2 nitrogen and oxygen atoms in total. The first-order valence-corrected chi connectivity index (χ1v) is 6.77. The van der Waals surface area contributed by atoms with Gasteiger partial charge in [-0.1, -0.05) is 32.0 Å². The van der Waals surface area contributed by atoms with Gasteiger partial charge in [-0.05, 0) is 38.9 Å². The van der Waals surface area contributed by atoms with Crippen LogP contribution in [-0.4, -0.2) is 24.5 Å². The highest BCUT2D eigenvalue weighted by Crippen LogP contribution is 2.22. The Morgan fingerprint density at radius 3 is 2.22 bits per heavy atom. The summed E-state index contributed by atoms with van der Waals surface area (Å²) in [6, 6.07) is 6.80. The molecular formula is C15H25FN2. The van der Waals surface area contributed by atoms with Crippen molar-refractivity contribution >= 4 is 0 Å². The molecule has 0 aliphatic heterocycles. The molecule has 0 fully saturated rings. The largest absolute Gasteiger partial charge is 0.320 e. The van der Waals surface area contributed by atoms with Crippen molar-refractivity contribution < 1.29 is 4.39 Å². The first-order valence-electron chi connectivity index (χ1n) is 6.77. The molecule has 3 heteroatoms. The maximum absolute atomic E-state index is 13.8. The van der Waals surface area contributed by atoms with E-state index in [9.17, 15) is 4.39 Å². The summed E-state index contributed by atoms with van der Waals surface area (Å²) in [7, 11) is 0. The summed E-state index contributed by atoms with van der Waals surface area (Å²) < 4.78 is 13.8. The van der Waals surface area contributed by atoms with Gasteiger partial charge in [-0.3, -0.25) is 0 Å². The van der Waals surface area contributed by atoms with Gasteiger partial charge in [0.15, 0.2) is 0 Å². The zero-order valence-corrected chi connectivity index (χ0v) is 11.7. The third-order valence-electron chi connectivity index (χ3n) is 3.12. The van der Waals surface area contributed by atoms with Crippen LogP contribution in [0.25, 0.3) is 0 Å². The first-order chi connectivity index (χ1) is 8.51. The lowest BCUT2D eigenvalue weighted by molar-refractivity contribution is 0.215. The molecule has 0 heterocycles. The zero-order valence-electron chi connectivity index (χ0n) is 11.7. The van der Waals surface area contributed by atoms with E-state index in [-0.39, 0.29) is 5.82 Å². The number of nitrogens with zero attached hydrogens (tertiary/aromatic N) is 1. The summed E-state index contributed by atoms with van der Waals surface area (Å²) in [5, 5.41) is 0. The van der Waals surface area contributed by atoms with Gasteiger partial charge in [0, 0.05) is 12.1 Å². The molecule has 0 aromatic heterocycles. The van der Waals surface area contributed by atoms with Crippen LogP contribution < -0.4 is 5.73 Å². The van der Waals surface area contributed by atoms with Crippen LogP contribution in [0.15, 0.2) is 24.3 Å². The van der Waals surface area contributed by atoms with Gasteiger partial charge in [-0.2, -0.15) is 0 Å². The van der Waals surface area contributed by atoms with Crippen molar-refractivity contribution in [3.63, 3.8) is 0 Å². The normalized spacial score (nSPS) is 14.8. The molecule has 0 saturated carbocycles. The summed E-state index contributed by atoms with van der Waals surface area (Å²) >= 11 is 0. The molecule has 1 aromatic rings. The maximum atomic E-state index is 13.8. The van der Waals surface area contributed by atoms with Crippen molar-refractivity contribution in [2.45, 2.75) is 39.2 Å². The second kappa shape index (κ2) is 6.86. The van der Waals surface area contributed by atoms with Gasteiger partial charge in [0.05, 0.1) is 5.54 Å². The number of hydrogen-bond donors (Lipinski definition) is 1. The molecule has 0 saturated heterocycles. The van der Waals surface area contributed by atoms with E-state index < -0.39 is 5.54 Å².